The maximum atomic E-state index is 11.8. The second-order valence-corrected chi connectivity index (χ2v) is 5.53. The predicted molar refractivity (Wildman–Crippen MR) is 67.3 cm³/mol. The van der Waals surface area contributed by atoms with E-state index in [1.165, 1.54) is 19.3 Å². The van der Waals surface area contributed by atoms with Crippen molar-refractivity contribution in [2.24, 2.45) is 11.8 Å². The average molecular weight is 285 g/mol. The highest BCUT2D eigenvalue weighted by atomic mass is 79.9. The molecule has 1 aliphatic rings. The van der Waals surface area contributed by atoms with Crippen LogP contribution in [0.25, 0.3) is 0 Å². The van der Waals surface area contributed by atoms with Gasteiger partial charge in [-0.1, -0.05) is 19.8 Å². The first-order valence-electron chi connectivity index (χ1n) is 5.79. The van der Waals surface area contributed by atoms with Crippen LogP contribution in [0.15, 0.2) is 16.7 Å². The summed E-state index contributed by atoms with van der Waals surface area (Å²) in [5.41, 5.74) is 0.623. The van der Waals surface area contributed by atoms with Crippen LogP contribution in [-0.4, -0.2) is 17.4 Å². The zero-order chi connectivity index (χ0) is 11.5. The van der Waals surface area contributed by atoms with Gasteiger partial charge in [-0.2, -0.15) is 0 Å². The van der Waals surface area contributed by atoms with E-state index in [4.69, 9.17) is 0 Å². The van der Waals surface area contributed by atoms with Crippen molar-refractivity contribution in [3.63, 3.8) is 0 Å². The highest BCUT2D eigenvalue weighted by Gasteiger charge is 2.23. The molecule has 2 N–H and O–H groups in total. The topological polar surface area (TPSA) is 44.9 Å². The van der Waals surface area contributed by atoms with Crippen molar-refractivity contribution in [3.8, 4) is 0 Å². The number of aromatic amines is 1. The molecule has 0 bridgehead atoms. The number of rotatable bonds is 3. The third-order valence-corrected chi connectivity index (χ3v) is 3.91. The third-order valence-electron chi connectivity index (χ3n) is 3.46. The molecule has 2 unspecified atom stereocenters. The van der Waals surface area contributed by atoms with Crippen LogP contribution in [-0.2, 0) is 0 Å². The van der Waals surface area contributed by atoms with Crippen molar-refractivity contribution in [1.29, 1.82) is 0 Å². The molecule has 3 nitrogen and oxygen atoms in total. The summed E-state index contributed by atoms with van der Waals surface area (Å²) in [6.45, 7) is 3.08. The summed E-state index contributed by atoms with van der Waals surface area (Å²) >= 11 is 3.32. The minimum Gasteiger partial charge on any atom is -0.356 e. The third kappa shape index (κ3) is 2.67. The van der Waals surface area contributed by atoms with Gasteiger partial charge in [-0.15, -0.1) is 0 Å². The van der Waals surface area contributed by atoms with Crippen molar-refractivity contribution < 1.29 is 4.79 Å². The minimum absolute atomic E-state index is 0.00944. The Balaban J connectivity index is 1.84. The standard InChI is InChI=1S/C12H17BrN2O/c1-8-3-2-4-9(8)6-15-12(16)11-5-10(13)7-14-11/h5,7-9,14H,2-4,6H2,1H3,(H,15,16). The van der Waals surface area contributed by atoms with Crippen LogP contribution in [0, 0.1) is 11.8 Å². The molecule has 0 aliphatic heterocycles. The molecule has 2 atom stereocenters. The normalized spacial score (nSPS) is 24.6. The van der Waals surface area contributed by atoms with Gasteiger partial charge < -0.3 is 10.3 Å². The number of H-pyrrole nitrogens is 1. The number of halogens is 1. The van der Waals surface area contributed by atoms with Gasteiger partial charge in [0.1, 0.15) is 5.69 Å². The fourth-order valence-corrected chi connectivity index (χ4v) is 2.69. The first-order valence-corrected chi connectivity index (χ1v) is 6.58. The number of hydrogen-bond acceptors (Lipinski definition) is 1. The lowest BCUT2D eigenvalue weighted by Gasteiger charge is -2.15. The molecule has 1 aliphatic carbocycles. The van der Waals surface area contributed by atoms with Crippen molar-refractivity contribution in [2.75, 3.05) is 6.54 Å². The summed E-state index contributed by atoms with van der Waals surface area (Å²) in [7, 11) is 0. The van der Waals surface area contributed by atoms with Crippen LogP contribution >= 0.6 is 15.9 Å². The van der Waals surface area contributed by atoms with Gasteiger partial charge in [-0.05, 0) is 40.3 Å². The Morgan fingerprint density at radius 2 is 2.44 bits per heavy atom. The minimum atomic E-state index is -0.00944. The van der Waals surface area contributed by atoms with E-state index in [2.05, 4.69) is 33.2 Å². The highest BCUT2D eigenvalue weighted by Crippen LogP contribution is 2.30. The largest absolute Gasteiger partial charge is 0.356 e. The predicted octanol–water partition coefficient (Wildman–Crippen LogP) is 2.94. The number of aromatic nitrogens is 1. The molecule has 2 rings (SSSR count). The molecular formula is C12H17BrN2O. The first kappa shape index (κ1) is 11.7. The maximum absolute atomic E-state index is 11.8. The van der Waals surface area contributed by atoms with E-state index in [9.17, 15) is 4.79 Å². The quantitative estimate of drug-likeness (QED) is 0.881. The van der Waals surface area contributed by atoms with Crippen molar-refractivity contribution >= 4 is 21.8 Å². The fraction of sp³-hybridized carbons (Fsp3) is 0.583. The summed E-state index contributed by atoms with van der Waals surface area (Å²) in [5.74, 6) is 1.39. The van der Waals surface area contributed by atoms with E-state index in [-0.39, 0.29) is 5.91 Å². The maximum Gasteiger partial charge on any atom is 0.267 e. The summed E-state index contributed by atoms with van der Waals surface area (Å²) in [6.07, 6.45) is 5.62. The van der Waals surface area contributed by atoms with Crippen LogP contribution in [0.2, 0.25) is 0 Å². The van der Waals surface area contributed by atoms with Gasteiger partial charge >= 0.3 is 0 Å². The molecular weight excluding hydrogens is 268 g/mol. The van der Waals surface area contributed by atoms with Gasteiger partial charge in [-0.25, -0.2) is 0 Å². The van der Waals surface area contributed by atoms with E-state index >= 15 is 0 Å². The van der Waals surface area contributed by atoms with Crippen molar-refractivity contribution in [1.82, 2.24) is 10.3 Å². The second kappa shape index (κ2) is 5.04. The molecule has 0 radical (unpaired) electrons. The molecule has 1 saturated carbocycles. The van der Waals surface area contributed by atoms with E-state index in [1.54, 1.807) is 12.3 Å². The molecule has 1 heterocycles. The Bertz CT molecular complexity index is 375. The van der Waals surface area contributed by atoms with Gasteiger partial charge in [0.25, 0.3) is 5.91 Å². The molecule has 0 saturated heterocycles. The summed E-state index contributed by atoms with van der Waals surface area (Å²) in [6, 6.07) is 1.80. The molecule has 1 fully saturated rings. The summed E-state index contributed by atoms with van der Waals surface area (Å²) in [4.78, 5) is 14.7. The van der Waals surface area contributed by atoms with Crippen LogP contribution in [0.3, 0.4) is 0 Å². The number of hydrogen-bond donors (Lipinski definition) is 2. The molecule has 16 heavy (non-hydrogen) atoms. The molecule has 1 aromatic rings. The van der Waals surface area contributed by atoms with E-state index in [1.807, 2.05) is 0 Å². The van der Waals surface area contributed by atoms with Gasteiger partial charge in [0.15, 0.2) is 0 Å². The Morgan fingerprint density at radius 1 is 1.62 bits per heavy atom. The number of nitrogens with one attached hydrogen (secondary N) is 2. The summed E-state index contributed by atoms with van der Waals surface area (Å²) < 4.78 is 0.909. The molecule has 0 aromatic carbocycles. The van der Waals surface area contributed by atoms with Crippen LogP contribution in [0.1, 0.15) is 36.7 Å². The van der Waals surface area contributed by atoms with E-state index in [0.29, 0.717) is 11.6 Å². The van der Waals surface area contributed by atoms with Gasteiger partial charge in [0, 0.05) is 17.2 Å². The van der Waals surface area contributed by atoms with Crippen LogP contribution in [0.5, 0.6) is 0 Å². The Kier molecular flexibility index (Phi) is 3.69. The van der Waals surface area contributed by atoms with Gasteiger partial charge in [0.2, 0.25) is 0 Å². The van der Waals surface area contributed by atoms with E-state index < -0.39 is 0 Å². The molecule has 4 heteroatoms. The van der Waals surface area contributed by atoms with Gasteiger partial charge in [-0.3, -0.25) is 4.79 Å². The Labute approximate surface area is 104 Å². The second-order valence-electron chi connectivity index (χ2n) is 4.61. The fourth-order valence-electron chi connectivity index (χ4n) is 2.34. The average Bonchev–Trinajstić information content (AvgIpc) is 2.84. The number of amides is 1. The molecule has 88 valence electrons. The zero-order valence-electron chi connectivity index (χ0n) is 9.42. The van der Waals surface area contributed by atoms with Crippen LogP contribution < -0.4 is 5.32 Å². The van der Waals surface area contributed by atoms with Crippen molar-refractivity contribution in [3.05, 3.63) is 22.4 Å². The first-order chi connectivity index (χ1) is 7.66. The number of carbonyl (C=O) groups excluding carboxylic acids is 1. The lowest BCUT2D eigenvalue weighted by Crippen LogP contribution is -2.30. The zero-order valence-corrected chi connectivity index (χ0v) is 11.0. The highest BCUT2D eigenvalue weighted by molar-refractivity contribution is 9.10. The molecule has 1 aromatic heterocycles. The monoisotopic (exact) mass is 284 g/mol. The Morgan fingerprint density at radius 3 is 3.00 bits per heavy atom. The number of carbonyl (C=O) groups is 1. The Hall–Kier alpha value is -0.770. The SMILES string of the molecule is CC1CCCC1CNC(=O)c1cc(Br)c[nH]1. The van der Waals surface area contributed by atoms with Gasteiger partial charge in [0.05, 0.1) is 0 Å². The lowest BCUT2D eigenvalue weighted by atomic mass is 9.98. The smallest absolute Gasteiger partial charge is 0.267 e. The van der Waals surface area contributed by atoms with Crippen LogP contribution in [0.4, 0.5) is 0 Å². The lowest BCUT2D eigenvalue weighted by molar-refractivity contribution is 0.0940. The molecule has 1 amide bonds. The van der Waals surface area contributed by atoms with E-state index in [0.717, 1.165) is 16.9 Å². The van der Waals surface area contributed by atoms with Crippen molar-refractivity contribution in [2.45, 2.75) is 26.2 Å². The molecule has 0 spiro atoms. The summed E-state index contributed by atoms with van der Waals surface area (Å²) in [5, 5.41) is 2.99.